The Hall–Kier alpha value is -4.78. The standard InChI is InChI=1S/C32H42N8O5/c1-20(2)28(36-30(42)21(3)34-4)32(44)39-18-24(40-17-23(37-38-40)19-45-25-13-9-6-10-14-25)16-27(39)31(43)35-26(29(33)41)15-22-11-7-5-8-12-22/h5-14,17,20-21,24,26-28,34H,15-16,18-19H2,1-4H3,(H2,33,41)(H,35,43)(H,36,42)/t21-,24-,26-,27-,28-/m0/s1. The number of carbonyl (C=O) groups is 4. The monoisotopic (exact) mass is 618 g/mol. The summed E-state index contributed by atoms with van der Waals surface area (Å²) in [7, 11) is 1.66. The molecule has 1 aliphatic rings. The fraction of sp³-hybridized carbons (Fsp3) is 0.438. The third-order valence-electron chi connectivity index (χ3n) is 7.93. The molecule has 0 radical (unpaired) electrons. The number of para-hydroxylation sites is 1. The van der Waals surface area contributed by atoms with Gasteiger partial charge in [-0.3, -0.25) is 19.2 Å². The van der Waals surface area contributed by atoms with Crippen LogP contribution in [0, 0.1) is 5.92 Å². The van der Waals surface area contributed by atoms with Crippen LogP contribution in [0.15, 0.2) is 66.9 Å². The van der Waals surface area contributed by atoms with Crippen LogP contribution in [0.1, 0.15) is 44.5 Å². The number of amides is 4. The van der Waals surface area contributed by atoms with Gasteiger partial charge >= 0.3 is 0 Å². The molecular weight excluding hydrogens is 576 g/mol. The highest BCUT2D eigenvalue weighted by Crippen LogP contribution is 2.29. The zero-order chi connectivity index (χ0) is 32.5. The number of primary amides is 1. The van der Waals surface area contributed by atoms with E-state index in [1.54, 1.807) is 24.9 Å². The van der Waals surface area contributed by atoms with Crippen LogP contribution in [0.5, 0.6) is 5.75 Å². The molecule has 13 nitrogen and oxygen atoms in total. The van der Waals surface area contributed by atoms with Gasteiger partial charge in [0.15, 0.2) is 0 Å². The molecule has 1 aromatic heterocycles. The number of likely N-dealkylation sites (N-methyl/N-ethyl adjacent to an activating group) is 1. The largest absolute Gasteiger partial charge is 0.487 e. The molecule has 0 aliphatic carbocycles. The van der Waals surface area contributed by atoms with Gasteiger partial charge in [0.25, 0.3) is 0 Å². The molecule has 13 heteroatoms. The van der Waals surface area contributed by atoms with E-state index in [0.29, 0.717) is 11.4 Å². The number of rotatable bonds is 14. The van der Waals surface area contributed by atoms with Gasteiger partial charge in [0.05, 0.1) is 18.3 Å². The van der Waals surface area contributed by atoms with E-state index in [1.807, 2.05) is 74.5 Å². The Kier molecular flexibility index (Phi) is 11.3. The van der Waals surface area contributed by atoms with E-state index < -0.39 is 47.9 Å². The van der Waals surface area contributed by atoms with Crippen LogP contribution < -0.4 is 26.4 Å². The summed E-state index contributed by atoms with van der Waals surface area (Å²) >= 11 is 0. The van der Waals surface area contributed by atoms with Crippen molar-refractivity contribution in [2.24, 2.45) is 11.7 Å². The molecule has 3 aromatic rings. The van der Waals surface area contributed by atoms with Crippen molar-refractivity contribution in [2.45, 2.75) is 70.4 Å². The number of nitrogens with zero attached hydrogens (tertiary/aromatic N) is 4. The molecule has 1 fully saturated rings. The molecule has 0 saturated carbocycles. The minimum atomic E-state index is -0.985. The lowest BCUT2D eigenvalue weighted by Crippen LogP contribution is -2.58. The van der Waals surface area contributed by atoms with E-state index in [-0.39, 0.29) is 37.8 Å². The van der Waals surface area contributed by atoms with Gasteiger partial charge in [-0.1, -0.05) is 67.6 Å². The second-order valence-electron chi connectivity index (χ2n) is 11.6. The number of aromatic nitrogens is 3. The summed E-state index contributed by atoms with van der Waals surface area (Å²) in [6, 6.07) is 14.8. The molecule has 0 bridgehead atoms. The van der Waals surface area contributed by atoms with Crippen LogP contribution >= 0.6 is 0 Å². The third kappa shape index (κ3) is 8.66. The lowest BCUT2D eigenvalue weighted by Gasteiger charge is -2.31. The van der Waals surface area contributed by atoms with E-state index in [0.717, 1.165) is 5.56 Å². The van der Waals surface area contributed by atoms with Gasteiger partial charge in [-0.15, -0.1) is 5.10 Å². The molecule has 5 N–H and O–H groups in total. The molecule has 2 heterocycles. The molecular formula is C32H42N8O5. The second kappa shape index (κ2) is 15.3. The van der Waals surface area contributed by atoms with Crippen LogP contribution in [0.4, 0.5) is 0 Å². The quantitative estimate of drug-likeness (QED) is 0.207. The van der Waals surface area contributed by atoms with E-state index in [4.69, 9.17) is 10.5 Å². The van der Waals surface area contributed by atoms with E-state index in [2.05, 4.69) is 26.3 Å². The maximum Gasteiger partial charge on any atom is 0.246 e. The molecule has 2 aromatic carbocycles. The first-order chi connectivity index (χ1) is 21.6. The van der Waals surface area contributed by atoms with Gasteiger partial charge in [0.2, 0.25) is 23.6 Å². The molecule has 0 spiro atoms. The summed E-state index contributed by atoms with van der Waals surface area (Å²) in [5, 5.41) is 17.0. The van der Waals surface area contributed by atoms with Crippen LogP contribution in [0.3, 0.4) is 0 Å². The summed E-state index contributed by atoms with van der Waals surface area (Å²) in [6.07, 6.45) is 2.14. The number of likely N-dealkylation sites (tertiary alicyclic amines) is 1. The Morgan fingerprint density at radius 1 is 1.00 bits per heavy atom. The average Bonchev–Trinajstić information content (AvgIpc) is 3.70. The van der Waals surface area contributed by atoms with E-state index >= 15 is 0 Å². The Labute approximate surface area is 262 Å². The molecule has 45 heavy (non-hydrogen) atoms. The molecule has 1 aliphatic heterocycles. The van der Waals surface area contributed by atoms with Gasteiger partial charge in [-0.25, -0.2) is 4.68 Å². The molecule has 5 atom stereocenters. The van der Waals surface area contributed by atoms with Crippen molar-refractivity contribution >= 4 is 23.6 Å². The Morgan fingerprint density at radius 2 is 1.67 bits per heavy atom. The summed E-state index contributed by atoms with van der Waals surface area (Å²) in [5.41, 5.74) is 7.09. The first-order valence-electron chi connectivity index (χ1n) is 15.1. The molecule has 4 amide bonds. The number of carbonyl (C=O) groups excluding carboxylic acids is 4. The lowest BCUT2D eigenvalue weighted by molar-refractivity contribution is -0.143. The third-order valence-corrected chi connectivity index (χ3v) is 7.93. The SMILES string of the molecule is CN[C@@H](C)C(=O)N[C@H](C(=O)N1C[C@@H](n2cc(COc3ccccc3)nn2)C[C@H]1C(=O)N[C@@H](Cc1ccccc1)C(N)=O)C(C)C. The fourth-order valence-corrected chi connectivity index (χ4v) is 5.17. The summed E-state index contributed by atoms with van der Waals surface area (Å²) < 4.78 is 7.42. The normalized spacial score (nSPS) is 18.2. The van der Waals surface area contributed by atoms with Crippen molar-refractivity contribution in [3.8, 4) is 5.75 Å². The summed E-state index contributed by atoms with van der Waals surface area (Å²) in [5.74, 6) is -1.52. The van der Waals surface area contributed by atoms with Crippen LogP contribution in [0.25, 0.3) is 0 Å². The predicted molar refractivity (Wildman–Crippen MR) is 167 cm³/mol. The fourth-order valence-electron chi connectivity index (χ4n) is 5.17. The van der Waals surface area contributed by atoms with Crippen molar-refractivity contribution in [1.82, 2.24) is 35.8 Å². The molecule has 1 saturated heterocycles. The number of ether oxygens (including phenoxy) is 1. The van der Waals surface area contributed by atoms with E-state index in [1.165, 1.54) is 4.90 Å². The molecule has 240 valence electrons. The Bertz CT molecular complexity index is 1450. The molecule has 0 unspecified atom stereocenters. The van der Waals surface area contributed by atoms with Crippen LogP contribution in [-0.2, 0) is 32.2 Å². The molecule has 4 rings (SSSR count). The van der Waals surface area contributed by atoms with Crippen molar-refractivity contribution in [3.63, 3.8) is 0 Å². The zero-order valence-electron chi connectivity index (χ0n) is 26.1. The summed E-state index contributed by atoms with van der Waals surface area (Å²) in [4.78, 5) is 54.4. The highest BCUT2D eigenvalue weighted by atomic mass is 16.5. The minimum absolute atomic E-state index is 0.139. The van der Waals surface area contributed by atoms with E-state index in [9.17, 15) is 19.2 Å². The number of hydrogen-bond acceptors (Lipinski definition) is 8. The van der Waals surface area contributed by atoms with Crippen LogP contribution in [0.2, 0.25) is 0 Å². The zero-order valence-corrected chi connectivity index (χ0v) is 26.1. The average molecular weight is 619 g/mol. The highest BCUT2D eigenvalue weighted by molar-refractivity contribution is 5.95. The number of nitrogens with one attached hydrogen (secondary N) is 3. The van der Waals surface area contributed by atoms with Gasteiger partial charge in [-0.2, -0.15) is 0 Å². The minimum Gasteiger partial charge on any atom is -0.487 e. The van der Waals surface area contributed by atoms with Gasteiger partial charge in [0, 0.05) is 19.4 Å². The van der Waals surface area contributed by atoms with Crippen LogP contribution in [-0.4, -0.2) is 81.3 Å². The number of benzene rings is 2. The number of hydrogen-bond donors (Lipinski definition) is 4. The highest BCUT2D eigenvalue weighted by Gasteiger charge is 2.44. The summed E-state index contributed by atoms with van der Waals surface area (Å²) in [6.45, 7) is 5.68. The Morgan fingerprint density at radius 3 is 2.29 bits per heavy atom. The smallest absolute Gasteiger partial charge is 0.246 e. The second-order valence-corrected chi connectivity index (χ2v) is 11.6. The maximum atomic E-state index is 14.1. The van der Waals surface area contributed by atoms with Crippen molar-refractivity contribution in [1.29, 1.82) is 0 Å². The number of nitrogens with two attached hydrogens (primary N) is 1. The first-order valence-corrected chi connectivity index (χ1v) is 15.1. The lowest BCUT2D eigenvalue weighted by atomic mass is 10.0. The van der Waals surface area contributed by atoms with Crippen molar-refractivity contribution in [2.75, 3.05) is 13.6 Å². The van der Waals surface area contributed by atoms with Gasteiger partial charge in [0.1, 0.15) is 36.2 Å². The topological polar surface area (TPSA) is 174 Å². The van der Waals surface area contributed by atoms with Crippen molar-refractivity contribution in [3.05, 3.63) is 78.1 Å². The predicted octanol–water partition coefficient (Wildman–Crippen LogP) is 0.961. The van der Waals surface area contributed by atoms with Crippen molar-refractivity contribution < 1.29 is 23.9 Å². The van der Waals surface area contributed by atoms with Gasteiger partial charge < -0.3 is 31.3 Å². The Balaban J connectivity index is 1.56. The van der Waals surface area contributed by atoms with Gasteiger partial charge in [-0.05, 0) is 37.6 Å². The first kappa shape index (κ1) is 33.1. The maximum absolute atomic E-state index is 14.1.